The second-order valence-electron chi connectivity index (χ2n) is 9.89. The van der Waals surface area contributed by atoms with Gasteiger partial charge in [0.2, 0.25) is 0 Å². The minimum atomic E-state index is 0.195. The Morgan fingerprint density at radius 2 is 1.41 bits per heavy atom. The first-order valence-electron chi connectivity index (χ1n) is 10.6. The molecule has 0 saturated carbocycles. The van der Waals surface area contributed by atoms with Crippen LogP contribution in [0.25, 0.3) is 21.9 Å². The topological polar surface area (TPSA) is 25.2 Å². The van der Waals surface area contributed by atoms with Crippen molar-refractivity contribution in [2.75, 3.05) is 5.32 Å². The largest absolute Gasteiger partial charge is 0.454 e. The molecule has 0 aliphatic heterocycles. The molecule has 1 N–H and O–H groups in total. The van der Waals surface area contributed by atoms with Crippen molar-refractivity contribution in [3.8, 4) is 0 Å². The van der Waals surface area contributed by atoms with Crippen molar-refractivity contribution in [1.29, 1.82) is 0 Å². The second-order valence-corrected chi connectivity index (χ2v) is 9.89. The van der Waals surface area contributed by atoms with Crippen LogP contribution in [0.1, 0.15) is 57.2 Å². The summed E-state index contributed by atoms with van der Waals surface area (Å²) < 4.78 is 6.22. The van der Waals surface area contributed by atoms with Crippen LogP contribution in [-0.2, 0) is 10.8 Å². The van der Waals surface area contributed by atoms with Gasteiger partial charge in [0.1, 0.15) is 5.58 Å². The highest BCUT2D eigenvalue weighted by Gasteiger charge is 2.37. The number of hydrogen-bond acceptors (Lipinski definition) is 2. The molecule has 2 heteroatoms. The van der Waals surface area contributed by atoms with Gasteiger partial charge in [-0.1, -0.05) is 64.1 Å². The van der Waals surface area contributed by atoms with E-state index in [0.717, 1.165) is 27.6 Å². The predicted molar refractivity (Wildman–Crippen MR) is 123 cm³/mol. The van der Waals surface area contributed by atoms with Crippen LogP contribution in [0.2, 0.25) is 0 Å². The standard InChI is InChI=1S/C27H29NO/c1-17-15-20-21(27(4,5)14-13-26(20,2)3)16-23(17)28-22-11-8-10-19-18-9-6-7-12-24(18)29-25(19)22/h6-12,15-16,28H,13-14H2,1-5H3. The van der Waals surface area contributed by atoms with Gasteiger partial charge in [0.25, 0.3) is 0 Å². The van der Waals surface area contributed by atoms with Gasteiger partial charge in [0.15, 0.2) is 5.58 Å². The number of anilines is 2. The van der Waals surface area contributed by atoms with E-state index in [1.807, 2.05) is 12.1 Å². The van der Waals surface area contributed by atoms with E-state index in [-0.39, 0.29) is 10.8 Å². The number of nitrogens with one attached hydrogen (secondary N) is 1. The van der Waals surface area contributed by atoms with Crippen molar-refractivity contribution < 1.29 is 4.42 Å². The average molecular weight is 384 g/mol. The Labute approximate surface area is 172 Å². The predicted octanol–water partition coefficient (Wildman–Crippen LogP) is 7.99. The number of furan rings is 1. The molecular weight excluding hydrogens is 354 g/mol. The fraction of sp³-hybridized carbons (Fsp3) is 0.333. The maximum atomic E-state index is 6.22. The van der Waals surface area contributed by atoms with Crippen LogP contribution in [0, 0.1) is 6.92 Å². The fourth-order valence-corrected chi connectivity index (χ4v) is 4.85. The lowest BCUT2D eigenvalue weighted by Crippen LogP contribution is -2.34. The molecule has 0 unspecified atom stereocenters. The van der Waals surface area contributed by atoms with E-state index in [1.54, 1.807) is 0 Å². The molecular formula is C27H29NO. The van der Waals surface area contributed by atoms with Gasteiger partial charge in [0.05, 0.1) is 5.69 Å². The normalized spacial score (nSPS) is 17.4. The van der Waals surface area contributed by atoms with E-state index in [4.69, 9.17) is 4.42 Å². The third-order valence-corrected chi connectivity index (χ3v) is 6.87. The molecule has 148 valence electrons. The SMILES string of the molecule is Cc1cc2c(cc1Nc1cccc3c1oc1ccccc13)C(C)(C)CCC2(C)C. The maximum absolute atomic E-state index is 6.22. The summed E-state index contributed by atoms with van der Waals surface area (Å²) in [6.07, 6.45) is 2.45. The Hall–Kier alpha value is -2.74. The number of fused-ring (bicyclic) bond motifs is 4. The number of rotatable bonds is 2. The summed E-state index contributed by atoms with van der Waals surface area (Å²) in [5.41, 5.74) is 8.72. The highest BCUT2D eigenvalue weighted by Crippen LogP contribution is 2.47. The quantitative estimate of drug-likeness (QED) is 0.379. The zero-order valence-electron chi connectivity index (χ0n) is 18.0. The van der Waals surface area contributed by atoms with Crippen molar-refractivity contribution in [2.24, 2.45) is 0 Å². The van der Waals surface area contributed by atoms with Gasteiger partial charge in [0, 0.05) is 16.5 Å². The van der Waals surface area contributed by atoms with Crippen molar-refractivity contribution >= 4 is 33.3 Å². The minimum Gasteiger partial charge on any atom is -0.454 e. The first kappa shape index (κ1) is 18.3. The first-order chi connectivity index (χ1) is 13.8. The lowest BCUT2D eigenvalue weighted by Gasteiger charge is -2.42. The van der Waals surface area contributed by atoms with E-state index in [2.05, 4.69) is 82.4 Å². The lowest BCUT2D eigenvalue weighted by molar-refractivity contribution is 0.332. The molecule has 1 aliphatic carbocycles. The molecule has 5 rings (SSSR count). The fourth-order valence-electron chi connectivity index (χ4n) is 4.85. The van der Waals surface area contributed by atoms with E-state index in [9.17, 15) is 0 Å². The van der Waals surface area contributed by atoms with Crippen LogP contribution >= 0.6 is 0 Å². The summed E-state index contributed by atoms with van der Waals surface area (Å²) >= 11 is 0. The number of hydrogen-bond donors (Lipinski definition) is 1. The summed E-state index contributed by atoms with van der Waals surface area (Å²) in [7, 11) is 0. The zero-order valence-corrected chi connectivity index (χ0v) is 18.0. The number of para-hydroxylation sites is 2. The maximum Gasteiger partial charge on any atom is 0.158 e. The molecule has 1 heterocycles. The summed E-state index contributed by atoms with van der Waals surface area (Å²) in [4.78, 5) is 0. The molecule has 0 spiro atoms. The Morgan fingerprint density at radius 3 is 2.17 bits per heavy atom. The van der Waals surface area contributed by atoms with Crippen LogP contribution < -0.4 is 5.32 Å². The lowest BCUT2D eigenvalue weighted by atomic mass is 9.63. The molecule has 29 heavy (non-hydrogen) atoms. The Balaban J connectivity index is 1.65. The molecule has 0 fully saturated rings. The Kier molecular flexibility index (Phi) is 3.87. The Bertz CT molecular complexity index is 1240. The van der Waals surface area contributed by atoms with Gasteiger partial charge >= 0.3 is 0 Å². The third-order valence-electron chi connectivity index (χ3n) is 6.87. The van der Waals surface area contributed by atoms with E-state index < -0.39 is 0 Å². The van der Waals surface area contributed by atoms with Crippen molar-refractivity contribution in [2.45, 2.75) is 58.3 Å². The minimum absolute atomic E-state index is 0.195. The summed E-state index contributed by atoms with van der Waals surface area (Å²) in [5, 5.41) is 6.02. The highest BCUT2D eigenvalue weighted by molar-refractivity contribution is 6.09. The molecule has 0 atom stereocenters. The van der Waals surface area contributed by atoms with Gasteiger partial charge in [-0.3, -0.25) is 0 Å². The molecule has 2 nitrogen and oxygen atoms in total. The summed E-state index contributed by atoms with van der Waals surface area (Å²) in [6, 6.07) is 19.4. The molecule has 1 aromatic heterocycles. The summed E-state index contributed by atoms with van der Waals surface area (Å²) in [5.74, 6) is 0. The summed E-state index contributed by atoms with van der Waals surface area (Å²) in [6.45, 7) is 11.7. The molecule has 0 saturated heterocycles. The van der Waals surface area contributed by atoms with E-state index >= 15 is 0 Å². The smallest absolute Gasteiger partial charge is 0.158 e. The highest BCUT2D eigenvalue weighted by atomic mass is 16.3. The van der Waals surface area contributed by atoms with Crippen LogP contribution in [0.15, 0.2) is 59.0 Å². The zero-order chi connectivity index (χ0) is 20.4. The van der Waals surface area contributed by atoms with Gasteiger partial charge < -0.3 is 9.73 Å². The van der Waals surface area contributed by atoms with Gasteiger partial charge in [-0.05, 0) is 65.5 Å². The van der Waals surface area contributed by atoms with Crippen molar-refractivity contribution in [3.63, 3.8) is 0 Å². The molecule has 3 aromatic carbocycles. The number of benzene rings is 3. The molecule has 0 amide bonds. The first-order valence-corrected chi connectivity index (χ1v) is 10.6. The van der Waals surface area contributed by atoms with Gasteiger partial charge in [-0.25, -0.2) is 0 Å². The van der Waals surface area contributed by atoms with Crippen molar-refractivity contribution in [3.05, 3.63) is 71.3 Å². The van der Waals surface area contributed by atoms with Crippen LogP contribution in [-0.4, -0.2) is 0 Å². The molecule has 1 aliphatic rings. The Morgan fingerprint density at radius 1 is 0.759 bits per heavy atom. The van der Waals surface area contributed by atoms with Crippen LogP contribution in [0.4, 0.5) is 11.4 Å². The second kappa shape index (κ2) is 6.13. The van der Waals surface area contributed by atoms with Crippen LogP contribution in [0.5, 0.6) is 0 Å². The van der Waals surface area contributed by atoms with E-state index in [1.165, 1.54) is 35.2 Å². The number of aryl methyl sites for hydroxylation is 1. The molecule has 0 bridgehead atoms. The molecule has 4 aromatic rings. The van der Waals surface area contributed by atoms with Gasteiger partial charge in [-0.15, -0.1) is 0 Å². The average Bonchev–Trinajstić information content (AvgIpc) is 3.07. The third kappa shape index (κ3) is 2.85. The van der Waals surface area contributed by atoms with Gasteiger partial charge in [-0.2, -0.15) is 0 Å². The van der Waals surface area contributed by atoms with Crippen LogP contribution in [0.3, 0.4) is 0 Å². The van der Waals surface area contributed by atoms with Crippen molar-refractivity contribution in [1.82, 2.24) is 0 Å². The molecule has 0 radical (unpaired) electrons. The monoisotopic (exact) mass is 383 g/mol. The van der Waals surface area contributed by atoms with E-state index in [0.29, 0.717) is 0 Å².